The molecule has 0 aliphatic carbocycles. The van der Waals surface area contributed by atoms with Gasteiger partial charge in [-0.25, -0.2) is 4.98 Å². The number of piperidine rings is 1. The molecule has 1 aromatic heterocycles. The molecule has 1 aliphatic heterocycles. The molecular formula is C14H22N4O3. The molecule has 1 aliphatic rings. The number of carbonyl (C=O) groups is 1. The zero-order chi connectivity index (χ0) is 15.3. The van der Waals surface area contributed by atoms with E-state index in [4.69, 9.17) is 9.47 Å². The Bertz CT molecular complexity index is 495. The summed E-state index contributed by atoms with van der Waals surface area (Å²) in [6, 6.07) is 1.71. The monoisotopic (exact) mass is 294 g/mol. The summed E-state index contributed by atoms with van der Waals surface area (Å²) in [5.74, 6) is 0.605. The van der Waals surface area contributed by atoms with Crippen molar-refractivity contribution in [1.82, 2.24) is 15.3 Å². The highest BCUT2D eigenvalue weighted by Crippen LogP contribution is 2.30. The lowest BCUT2D eigenvalue weighted by molar-refractivity contribution is -0.130. The lowest BCUT2D eigenvalue weighted by Crippen LogP contribution is -2.47. The molecule has 1 amide bonds. The highest BCUT2D eigenvalue weighted by Gasteiger charge is 2.40. The summed E-state index contributed by atoms with van der Waals surface area (Å²) in [6.45, 7) is 3.82. The average Bonchev–Trinajstić information content (AvgIpc) is 2.47. The van der Waals surface area contributed by atoms with Gasteiger partial charge in [-0.15, -0.1) is 0 Å². The first kappa shape index (κ1) is 15.7. The third-order valence-corrected chi connectivity index (χ3v) is 3.73. The number of nitrogens with zero attached hydrogens (tertiary/aromatic N) is 2. The van der Waals surface area contributed by atoms with Crippen molar-refractivity contribution in [3.63, 3.8) is 0 Å². The quantitative estimate of drug-likeness (QED) is 0.833. The van der Waals surface area contributed by atoms with Crippen LogP contribution in [-0.2, 0) is 9.53 Å². The standard InChI is InChI=1S/C14H22N4O3/c1-10-8-11(21-3)17-13(16-10)18-12(19)14(9-20-2)4-6-15-7-5-14/h8,15H,4-7,9H2,1-3H3,(H,16,17,18,19). The molecule has 0 atom stereocenters. The van der Waals surface area contributed by atoms with Crippen molar-refractivity contribution < 1.29 is 14.3 Å². The first-order valence-electron chi connectivity index (χ1n) is 7.00. The molecule has 0 spiro atoms. The summed E-state index contributed by atoms with van der Waals surface area (Å²) >= 11 is 0. The molecule has 1 aromatic rings. The Morgan fingerprint density at radius 3 is 2.71 bits per heavy atom. The van der Waals surface area contributed by atoms with Crippen molar-refractivity contribution >= 4 is 11.9 Å². The lowest BCUT2D eigenvalue weighted by atomic mass is 9.79. The third kappa shape index (κ3) is 3.68. The van der Waals surface area contributed by atoms with Gasteiger partial charge in [-0.05, 0) is 32.9 Å². The smallest absolute Gasteiger partial charge is 0.235 e. The minimum Gasteiger partial charge on any atom is -0.481 e. The molecular weight excluding hydrogens is 272 g/mol. The number of anilines is 1. The number of hydrogen-bond donors (Lipinski definition) is 2. The number of amides is 1. The van der Waals surface area contributed by atoms with E-state index in [9.17, 15) is 4.79 Å². The van der Waals surface area contributed by atoms with E-state index < -0.39 is 5.41 Å². The fraction of sp³-hybridized carbons (Fsp3) is 0.643. The largest absolute Gasteiger partial charge is 0.481 e. The van der Waals surface area contributed by atoms with Crippen LogP contribution in [0.1, 0.15) is 18.5 Å². The maximum absolute atomic E-state index is 12.7. The second-order valence-corrected chi connectivity index (χ2v) is 5.29. The number of aromatic nitrogens is 2. The van der Waals surface area contributed by atoms with Crippen LogP contribution in [-0.4, -0.2) is 49.8 Å². The fourth-order valence-corrected chi connectivity index (χ4v) is 2.55. The van der Waals surface area contributed by atoms with E-state index in [1.54, 1.807) is 13.2 Å². The second kappa shape index (κ2) is 6.82. The van der Waals surface area contributed by atoms with Crippen molar-refractivity contribution in [1.29, 1.82) is 0 Å². The predicted molar refractivity (Wildman–Crippen MR) is 78.4 cm³/mol. The number of methoxy groups -OCH3 is 2. The fourth-order valence-electron chi connectivity index (χ4n) is 2.55. The summed E-state index contributed by atoms with van der Waals surface area (Å²) in [5.41, 5.74) is 0.212. The molecule has 0 unspecified atom stereocenters. The van der Waals surface area contributed by atoms with Crippen LogP contribution < -0.4 is 15.4 Å². The van der Waals surface area contributed by atoms with Gasteiger partial charge >= 0.3 is 0 Å². The van der Waals surface area contributed by atoms with E-state index >= 15 is 0 Å². The molecule has 7 nitrogen and oxygen atoms in total. The number of hydrogen-bond acceptors (Lipinski definition) is 6. The Morgan fingerprint density at radius 1 is 1.38 bits per heavy atom. The van der Waals surface area contributed by atoms with Gasteiger partial charge in [0.15, 0.2) is 0 Å². The highest BCUT2D eigenvalue weighted by atomic mass is 16.5. The molecule has 2 heterocycles. The highest BCUT2D eigenvalue weighted by molar-refractivity contribution is 5.94. The molecule has 0 aromatic carbocycles. The van der Waals surface area contributed by atoms with Crippen LogP contribution >= 0.6 is 0 Å². The molecule has 1 saturated heterocycles. The van der Waals surface area contributed by atoms with Gasteiger partial charge in [-0.1, -0.05) is 0 Å². The van der Waals surface area contributed by atoms with Crippen LogP contribution in [0.25, 0.3) is 0 Å². The number of ether oxygens (including phenoxy) is 2. The van der Waals surface area contributed by atoms with Crippen molar-refractivity contribution in [2.75, 3.05) is 39.2 Å². The Hall–Kier alpha value is -1.73. The van der Waals surface area contributed by atoms with Crippen LogP contribution in [0.2, 0.25) is 0 Å². The summed E-state index contributed by atoms with van der Waals surface area (Å²) < 4.78 is 10.4. The van der Waals surface area contributed by atoms with Gasteiger partial charge in [0, 0.05) is 18.9 Å². The number of nitrogens with one attached hydrogen (secondary N) is 2. The molecule has 21 heavy (non-hydrogen) atoms. The van der Waals surface area contributed by atoms with Crippen molar-refractivity contribution in [2.24, 2.45) is 5.41 Å². The summed E-state index contributed by atoms with van der Waals surface area (Å²) in [4.78, 5) is 21.0. The van der Waals surface area contributed by atoms with Crippen LogP contribution in [0.4, 0.5) is 5.95 Å². The molecule has 0 radical (unpaired) electrons. The summed E-state index contributed by atoms with van der Waals surface area (Å²) in [5, 5.41) is 6.06. The molecule has 0 saturated carbocycles. The van der Waals surface area contributed by atoms with Crippen molar-refractivity contribution in [3.8, 4) is 5.88 Å². The maximum atomic E-state index is 12.7. The second-order valence-electron chi connectivity index (χ2n) is 5.29. The SMILES string of the molecule is COCC1(C(=O)Nc2nc(C)cc(OC)n2)CCNCC1. The first-order chi connectivity index (χ1) is 10.1. The van der Waals surface area contributed by atoms with E-state index in [1.807, 2.05) is 6.92 Å². The predicted octanol–water partition coefficient (Wildman–Crippen LogP) is 0.748. The maximum Gasteiger partial charge on any atom is 0.235 e. The number of carbonyl (C=O) groups excluding carboxylic acids is 1. The van der Waals surface area contributed by atoms with Gasteiger partial charge in [-0.3, -0.25) is 10.1 Å². The average molecular weight is 294 g/mol. The van der Waals surface area contributed by atoms with Crippen LogP contribution in [0.3, 0.4) is 0 Å². The van der Waals surface area contributed by atoms with Crippen LogP contribution in [0.15, 0.2) is 6.07 Å². The van der Waals surface area contributed by atoms with Gasteiger partial charge in [0.1, 0.15) is 0 Å². The Balaban J connectivity index is 2.16. The molecule has 116 valence electrons. The third-order valence-electron chi connectivity index (χ3n) is 3.73. The van der Waals surface area contributed by atoms with Gasteiger partial charge in [0.25, 0.3) is 0 Å². The van der Waals surface area contributed by atoms with E-state index in [0.29, 0.717) is 12.5 Å². The van der Waals surface area contributed by atoms with Crippen molar-refractivity contribution in [3.05, 3.63) is 11.8 Å². The van der Waals surface area contributed by atoms with Gasteiger partial charge in [0.05, 0.1) is 19.1 Å². The van der Waals surface area contributed by atoms with Gasteiger partial charge < -0.3 is 14.8 Å². The van der Waals surface area contributed by atoms with Gasteiger partial charge in [-0.2, -0.15) is 4.98 Å². The molecule has 1 fully saturated rings. The summed E-state index contributed by atoms with van der Waals surface area (Å²) in [7, 11) is 3.15. The molecule has 7 heteroatoms. The van der Waals surface area contributed by atoms with E-state index in [2.05, 4.69) is 20.6 Å². The minimum absolute atomic E-state index is 0.0986. The summed E-state index contributed by atoms with van der Waals surface area (Å²) in [6.07, 6.45) is 1.46. The van der Waals surface area contributed by atoms with E-state index in [-0.39, 0.29) is 11.9 Å². The minimum atomic E-state index is -0.527. The molecule has 2 N–H and O–H groups in total. The Kier molecular flexibility index (Phi) is 5.08. The van der Waals surface area contributed by atoms with Crippen LogP contribution in [0, 0.1) is 12.3 Å². The van der Waals surface area contributed by atoms with Crippen molar-refractivity contribution in [2.45, 2.75) is 19.8 Å². The molecule has 0 bridgehead atoms. The lowest BCUT2D eigenvalue weighted by Gasteiger charge is -2.35. The van der Waals surface area contributed by atoms with E-state index in [0.717, 1.165) is 31.6 Å². The Morgan fingerprint density at radius 2 is 2.10 bits per heavy atom. The zero-order valence-electron chi connectivity index (χ0n) is 12.7. The number of aryl methyl sites for hydroxylation is 1. The number of rotatable bonds is 5. The van der Waals surface area contributed by atoms with Gasteiger partial charge in [0.2, 0.25) is 17.7 Å². The normalized spacial score (nSPS) is 17.3. The Labute approximate surface area is 124 Å². The molecule has 2 rings (SSSR count). The topological polar surface area (TPSA) is 85.4 Å². The first-order valence-corrected chi connectivity index (χ1v) is 7.00. The van der Waals surface area contributed by atoms with Crippen LogP contribution in [0.5, 0.6) is 5.88 Å². The van der Waals surface area contributed by atoms with E-state index in [1.165, 1.54) is 7.11 Å². The zero-order valence-corrected chi connectivity index (χ0v) is 12.7.